The van der Waals surface area contributed by atoms with E-state index in [1.54, 1.807) is 30.3 Å². The van der Waals surface area contributed by atoms with E-state index in [2.05, 4.69) is 20.6 Å². The second kappa shape index (κ2) is 8.04. The zero-order valence-corrected chi connectivity index (χ0v) is 14.0. The number of nitrogens with one attached hydrogen (secondary N) is 2. The molecule has 0 atom stereocenters. The number of aryl methyl sites for hydroxylation is 1. The Labute approximate surface area is 141 Å². The molecule has 1 aromatic heterocycles. The van der Waals surface area contributed by atoms with Gasteiger partial charge in [-0.1, -0.05) is 0 Å². The molecular weight excluding hydrogens is 304 g/mol. The van der Waals surface area contributed by atoms with Crippen LogP contribution in [0.5, 0.6) is 0 Å². The van der Waals surface area contributed by atoms with Gasteiger partial charge < -0.3 is 15.5 Å². The number of carbonyl (C=O) groups excluding carboxylic acids is 1. The molecular formula is C17H20N6O. The molecule has 1 aromatic carbocycles. The first kappa shape index (κ1) is 17.4. The quantitative estimate of drug-likeness (QED) is 0.842. The van der Waals surface area contributed by atoms with E-state index < -0.39 is 0 Å². The predicted octanol–water partition coefficient (Wildman–Crippen LogP) is 1.88. The van der Waals surface area contributed by atoms with Crippen molar-refractivity contribution >= 4 is 17.5 Å². The number of aromatic nitrogens is 2. The molecule has 0 radical (unpaired) electrons. The largest absolute Gasteiger partial charge is 0.353 e. The van der Waals surface area contributed by atoms with Crippen LogP contribution in [0.4, 0.5) is 11.6 Å². The molecule has 7 heteroatoms. The molecule has 0 saturated heterocycles. The molecule has 0 aliphatic rings. The van der Waals surface area contributed by atoms with Gasteiger partial charge in [0.2, 0.25) is 5.95 Å². The van der Waals surface area contributed by atoms with Crippen molar-refractivity contribution in [2.75, 3.05) is 37.8 Å². The lowest BCUT2D eigenvalue weighted by Gasteiger charge is -2.11. The molecule has 7 nitrogen and oxygen atoms in total. The van der Waals surface area contributed by atoms with E-state index >= 15 is 0 Å². The van der Waals surface area contributed by atoms with Crippen LogP contribution in [0.25, 0.3) is 0 Å². The van der Waals surface area contributed by atoms with E-state index in [1.807, 2.05) is 32.0 Å². The van der Waals surface area contributed by atoms with Crippen LogP contribution in [0.15, 0.2) is 30.3 Å². The molecule has 0 bridgehead atoms. The van der Waals surface area contributed by atoms with Gasteiger partial charge in [-0.05, 0) is 51.4 Å². The van der Waals surface area contributed by atoms with Gasteiger partial charge in [0, 0.05) is 24.5 Å². The fourth-order valence-electron chi connectivity index (χ4n) is 1.98. The van der Waals surface area contributed by atoms with Crippen LogP contribution in [-0.4, -0.2) is 48.0 Å². The predicted molar refractivity (Wildman–Crippen MR) is 92.9 cm³/mol. The molecule has 0 aliphatic heterocycles. The summed E-state index contributed by atoms with van der Waals surface area (Å²) in [5, 5.41) is 14.7. The molecule has 0 spiro atoms. The molecule has 24 heavy (non-hydrogen) atoms. The van der Waals surface area contributed by atoms with Crippen LogP contribution in [0.3, 0.4) is 0 Å². The SMILES string of the molecule is Cc1cc(C(=O)Nc2ccc(C#N)cc2)nc(NCCN(C)C)n1. The Hall–Kier alpha value is -2.98. The van der Waals surface area contributed by atoms with Crippen molar-refractivity contribution in [3.63, 3.8) is 0 Å². The topological polar surface area (TPSA) is 93.9 Å². The van der Waals surface area contributed by atoms with E-state index in [0.717, 1.165) is 6.54 Å². The Morgan fingerprint density at radius 2 is 1.96 bits per heavy atom. The van der Waals surface area contributed by atoms with Crippen molar-refractivity contribution in [3.05, 3.63) is 47.3 Å². The highest BCUT2D eigenvalue weighted by molar-refractivity contribution is 6.03. The van der Waals surface area contributed by atoms with Gasteiger partial charge in [0.15, 0.2) is 0 Å². The summed E-state index contributed by atoms with van der Waals surface area (Å²) in [7, 11) is 3.96. The van der Waals surface area contributed by atoms with E-state index in [-0.39, 0.29) is 5.91 Å². The summed E-state index contributed by atoms with van der Waals surface area (Å²) in [5.41, 5.74) is 2.15. The lowest BCUT2D eigenvalue weighted by atomic mass is 10.2. The van der Waals surface area contributed by atoms with Crippen molar-refractivity contribution in [1.82, 2.24) is 14.9 Å². The van der Waals surface area contributed by atoms with Crippen LogP contribution in [0.1, 0.15) is 21.7 Å². The maximum absolute atomic E-state index is 12.4. The highest BCUT2D eigenvalue weighted by Crippen LogP contribution is 2.11. The third kappa shape index (κ3) is 5.04. The van der Waals surface area contributed by atoms with E-state index in [9.17, 15) is 4.79 Å². The number of likely N-dealkylation sites (N-methyl/N-ethyl adjacent to an activating group) is 1. The van der Waals surface area contributed by atoms with E-state index in [0.29, 0.717) is 35.1 Å². The number of nitrogens with zero attached hydrogens (tertiary/aromatic N) is 4. The molecule has 0 fully saturated rings. The van der Waals surface area contributed by atoms with Gasteiger partial charge in [0.25, 0.3) is 5.91 Å². The van der Waals surface area contributed by atoms with Gasteiger partial charge in [0.1, 0.15) is 5.69 Å². The number of nitriles is 1. The number of hydrogen-bond acceptors (Lipinski definition) is 6. The Kier molecular flexibility index (Phi) is 5.82. The standard InChI is InChI=1S/C17H20N6O/c1-12-10-15(22-17(20-12)19-8-9-23(2)3)16(24)21-14-6-4-13(11-18)5-7-14/h4-7,10H,8-9H2,1-3H3,(H,21,24)(H,19,20,22). The minimum Gasteiger partial charge on any atom is -0.353 e. The Bertz CT molecular complexity index is 749. The number of anilines is 2. The molecule has 0 saturated carbocycles. The van der Waals surface area contributed by atoms with Gasteiger partial charge in [-0.2, -0.15) is 5.26 Å². The summed E-state index contributed by atoms with van der Waals surface area (Å²) in [6.07, 6.45) is 0. The van der Waals surface area contributed by atoms with Gasteiger partial charge in [0.05, 0.1) is 11.6 Å². The third-order valence-electron chi connectivity index (χ3n) is 3.20. The van der Waals surface area contributed by atoms with Crippen molar-refractivity contribution in [2.45, 2.75) is 6.92 Å². The Balaban J connectivity index is 2.07. The molecule has 2 N–H and O–H groups in total. The van der Waals surface area contributed by atoms with Gasteiger partial charge >= 0.3 is 0 Å². The molecule has 124 valence electrons. The Morgan fingerprint density at radius 3 is 2.58 bits per heavy atom. The number of amides is 1. The van der Waals surface area contributed by atoms with E-state index in [1.165, 1.54) is 0 Å². The third-order valence-corrected chi connectivity index (χ3v) is 3.20. The second-order valence-electron chi connectivity index (χ2n) is 5.59. The summed E-state index contributed by atoms with van der Waals surface area (Å²) in [5.74, 6) is 0.114. The average Bonchev–Trinajstić information content (AvgIpc) is 2.54. The van der Waals surface area contributed by atoms with E-state index in [4.69, 9.17) is 5.26 Å². The van der Waals surface area contributed by atoms with Crippen molar-refractivity contribution in [2.24, 2.45) is 0 Å². The van der Waals surface area contributed by atoms with Gasteiger partial charge in [-0.25, -0.2) is 9.97 Å². The van der Waals surface area contributed by atoms with Crippen LogP contribution in [0.2, 0.25) is 0 Å². The van der Waals surface area contributed by atoms with Crippen LogP contribution in [0, 0.1) is 18.3 Å². The Morgan fingerprint density at radius 1 is 1.25 bits per heavy atom. The molecule has 1 heterocycles. The monoisotopic (exact) mass is 324 g/mol. The van der Waals surface area contributed by atoms with Crippen molar-refractivity contribution < 1.29 is 4.79 Å². The number of rotatable bonds is 6. The first-order valence-electron chi connectivity index (χ1n) is 7.54. The highest BCUT2D eigenvalue weighted by Gasteiger charge is 2.11. The summed E-state index contributed by atoms with van der Waals surface area (Å²) in [4.78, 5) is 22.9. The van der Waals surface area contributed by atoms with Crippen LogP contribution >= 0.6 is 0 Å². The minimum atomic E-state index is -0.319. The molecule has 2 aromatic rings. The van der Waals surface area contributed by atoms with Crippen LogP contribution < -0.4 is 10.6 Å². The lowest BCUT2D eigenvalue weighted by molar-refractivity contribution is 0.102. The first-order valence-corrected chi connectivity index (χ1v) is 7.54. The summed E-state index contributed by atoms with van der Waals surface area (Å²) >= 11 is 0. The van der Waals surface area contributed by atoms with Gasteiger partial charge in [-0.3, -0.25) is 4.79 Å². The fraction of sp³-hybridized carbons (Fsp3) is 0.294. The molecule has 1 amide bonds. The maximum Gasteiger partial charge on any atom is 0.274 e. The van der Waals surface area contributed by atoms with Crippen molar-refractivity contribution in [1.29, 1.82) is 5.26 Å². The normalized spacial score (nSPS) is 10.3. The summed E-state index contributed by atoms with van der Waals surface area (Å²) in [6.45, 7) is 3.34. The highest BCUT2D eigenvalue weighted by atomic mass is 16.1. The maximum atomic E-state index is 12.4. The zero-order chi connectivity index (χ0) is 17.5. The molecule has 0 unspecified atom stereocenters. The number of hydrogen-bond donors (Lipinski definition) is 2. The first-order chi connectivity index (χ1) is 11.5. The number of benzene rings is 1. The molecule has 0 aliphatic carbocycles. The summed E-state index contributed by atoms with van der Waals surface area (Å²) < 4.78 is 0. The zero-order valence-electron chi connectivity index (χ0n) is 14.0. The second-order valence-corrected chi connectivity index (χ2v) is 5.59. The average molecular weight is 324 g/mol. The summed E-state index contributed by atoms with van der Waals surface area (Å²) in [6, 6.07) is 10.3. The number of carbonyl (C=O) groups is 1. The molecule has 2 rings (SSSR count). The lowest BCUT2D eigenvalue weighted by Crippen LogP contribution is -2.22. The van der Waals surface area contributed by atoms with Crippen molar-refractivity contribution in [3.8, 4) is 6.07 Å². The minimum absolute atomic E-state index is 0.291. The van der Waals surface area contributed by atoms with Gasteiger partial charge in [-0.15, -0.1) is 0 Å². The fourth-order valence-corrected chi connectivity index (χ4v) is 1.98. The smallest absolute Gasteiger partial charge is 0.274 e. The van der Waals surface area contributed by atoms with Crippen LogP contribution in [-0.2, 0) is 0 Å².